The number of amides is 1. The number of halogens is 1. The molecule has 0 spiro atoms. The first kappa shape index (κ1) is 12.2. The number of benzene rings is 1. The molecule has 0 bridgehead atoms. The van der Waals surface area contributed by atoms with Gasteiger partial charge in [-0.1, -0.05) is 18.2 Å². The van der Waals surface area contributed by atoms with Crippen molar-refractivity contribution in [1.29, 1.82) is 0 Å². The molecule has 0 saturated carbocycles. The number of rotatable bonds is 5. The maximum atomic E-state index is 11.5. The van der Waals surface area contributed by atoms with Crippen LogP contribution in [0.2, 0.25) is 0 Å². The molecule has 0 fully saturated rings. The lowest BCUT2D eigenvalue weighted by Crippen LogP contribution is -2.24. The third-order valence-electron chi connectivity index (χ3n) is 1.87. The molecule has 1 aromatic carbocycles. The summed E-state index contributed by atoms with van der Waals surface area (Å²) in [6.45, 7) is 0.544. The Bertz CT molecular complexity index is 338. The third-order valence-corrected chi connectivity index (χ3v) is 2.41. The minimum absolute atomic E-state index is 0.0866. The van der Waals surface area contributed by atoms with Crippen molar-refractivity contribution in [3.05, 3.63) is 35.9 Å². The molecule has 0 atom stereocenters. The van der Waals surface area contributed by atoms with E-state index >= 15 is 0 Å². The maximum Gasteiger partial charge on any atom is 0.251 e. The Kier molecular flexibility index (Phi) is 5.31. The van der Waals surface area contributed by atoms with Crippen LogP contribution in [-0.2, 0) is 4.79 Å². The first-order valence-electron chi connectivity index (χ1n) is 4.72. The summed E-state index contributed by atoms with van der Waals surface area (Å²) in [7, 11) is 0. The van der Waals surface area contributed by atoms with Crippen LogP contribution in [0.25, 0.3) is 0 Å². The Balaban J connectivity index is 2.28. The van der Waals surface area contributed by atoms with Gasteiger partial charge in [-0.05, 0) is 41.1 Å². The lowest BCUT2D eigenvalue weighted by molar-refractivity contribution is -0.109. The van der Waals surface area contributed by atoms with E-state index in [2.05, 4.69) is 5.32 Å². The molecule has 1 aromatic rings. The monoisotopic (exact) mass is 317 g/mol. The van der Waals surface area contributed by atoms with E-state index in [4.69, 9.17) is 0 Å². The van der Waals surface area contributed by atoms with Crippen LogP contribution in [0.1, 0.15) is 23.2 Å². The largest absolute Gasteiger partial charge is 0.352 e. The van der Waals surface area contributed by atoms with E-state index in [1.54, 1.807) is 34.7 Å². The number of hydrogen-bond acceptors (Lipinski definition) is 2. The highest BCUT2D eigenvalue weighted by molar-refractivity contribution is 14.1. The second-order valence-corrected chi connectivity index (χ2v) is 4.28. The van der Waals surface area contributed by atoms with Crippen LogP contribution < -0.4 is 5.32 Å². The zero-order valence-electron chi connectivity index (χ0n) is 8.20. The number of nitrogens with one attached hydrogen (secondary N) is 1. The standard InChI is InChI=1S/C11H12INO2/c12-10(14)7-4-8-13-11(15)9-5-2-1-3-6-9/h1-3,5-6H,4,7-8H2,(H,13,15). The van der Waals surface area contributed by atoms with Gasteiger partial charge in [0.15, 0.2) is 3.79 Å². The second kappa shape index (κ2) is 6.55. The van der Waals surface area contributed by atoms with Crippen molar-refractivity contribution in [3.63, 3.8) is 0 Å². The summed E-state index contributed by atoms with van der Waals surface area (Å²) in [6, 6.07) is 9.04. The number of hydrogen-bond donors (Lipinski definition) is 1. The molecule has 1 amide bonds. The molecule has 0 unspecified atom stereocenters. The molecule has 15 heavy (non-hydrogen) atoms. The van der Waals surface area contributed by atoms with Crippen molar-refractivity contribution in [1.82, 2.24) is 5.32 Å². The average Bonchev–Trinajstić information content (AvgIpc) is 2.25. The fourth-order valence-corrected chi connectivity index (χ4v) is 1.50. The molecule has 1 N–H and O–H groups in total. The first-order valence-corrected chi connectivity index (χ1v) is 5.79. The maximum absolute atomic E-state index is 11.5. The van der Waals surface area contributed by atoms with Crippen LogP contribution in [-0.4, -0.2) is 16.2 Å². The molecule has 0 radical (unpaired) electrons. The predicted octanol–water partition coefficient (Wildman–Crippen LogP) is 2.16. The van der Waals surface area contributed by atoms with Gasteiger partial charge in [0, 0.05) is 18.5 Å². The molecule has 0 aromatic heterocycles. The van der Waals surface area contributed by atoms with Gasteiger partial charge >= 0.3 is 0 Å². The van der Waals surface area contributed by atoms with E-state index in [9.17, 15) is 9.59 Å². The van der Waals surface area contributed by atoms with Gasteiger partial charge < -0.3 is 5.32 Å². The molecule has 0 saturated heterocycles. The number of carbonyl (C=O) groups is 2. The molecule has 0 heterocycles. The molecule has 0 aliphatic rings. The fourth-order valence-electron chi connectivity index (χ4n) is 1.12. The van der Waals surface area contributed by atoms with Crippen LogP contribution in [0.15, 0.2) is 30.3 Å². The van der Waals surface area contributed by atoms with E-state index < -0.39 is 0 Å². The van der Waals surface area contributed by atoms with E-state index in [-0.39, 0.29) is 9.70 Å². The zero-order chi connectivity index (χ0) is 11.1. The van der Waals surface area contributed by atoms with Crippen molar-refractivity contribution in [2.45, 2.75) is 12.8 Å². The lowest BCUT2D eigenvalue weighted by atomic mass is 10.2. The third kappa shape index (κ3) is 4.92. The number of carbonyl (C=O) groups excluding carboxylic acids is 2. The van der Waals surface area contributed by atoms with Crippen LogP contribution >= 0.6 is 22.6 Å². The molecule has 0 aliphatic heterocycles. The summed E-state index contributed by atoms with van der Waals surface area (Å²) >= 11 is 1.76. The molecule has 0 aliphatic carbocycles. The van der Waals surface area contributed by atoms with E-state index in [1.165, 1.54) is 0 Å². The highest BCUT2D eigenvalue weighted by atomic mass is 127. The summed E-state index contributed by atoms with van der Waals surface area (Å²) in [6.07, 6.45) is 1.20. The minimum atomic E-state index is -0.0866. The summed E-state index contributed by atoms with van der Waals surface area (Å²) in [5.74, 6) is -0.0866. The van der Waals surface area contributed by atoms with Crippen molar-refractivity contribution >= 4 is 32.3 Å². The van der Waals surface area contributed by atoms with Gasteiger partial charge in [-0.2, -0.15) is 0 Å². The first-order chi connectivity index (χ1) is 7.20. The molecule has 4 heteroatoms. The summed E-state index contributed by atoms with van der Waals surface area (Å²) in [4.78, 5) is 22.1. The Morgan fingerprint density at radius 3 is 2.47 bits per heavy atom. The van der Waals surface area contributed by atoms with Crippen molar-refractivity contribution in [2.24, 2.45) is 0 Å². The van der Waals surface area contributed by atoms with Crippen molar-refractivity contribution < 1.29 is 9.59 Å². The molecular formula is C11H12INO2. The minimum Gasteiger partial charge on any atom is -0.352 e. The van der Waals surface area contributed by atoms with E-state index in [0.29, 0.717) is 24.9 Å². The van der Waals surface area contributed by atoms with Gasteiger partial charge in [0.2, 0.25) is 0 Å². The molecular weight excluding hydrogens is 305 g/mol. The van der Waals surface area contributed by atoms with E-state index in [1.807, 2.05) is 18.2 Å². The molecule has 3 nitrogen and oxygen atoms in total. The van der Waals surface area contributed by atoms with Gasteiger partial charge in [0.1, 0.15) is 0 Å². The van der Waals surface area contributed by atoms with Crippen LogP contribution in [0.5, 0.6) is 0 Å². The highest BCUT2D eigenvalue weighted by Crippen LogP contribution is 1.99. The predicted molar refractivity (Wildman–Crippen MR) is 67.0 cm³/mol. The Labute approximate surface area is 102 Å². The Morgan fingerprint density at radius 1 is 1.20 bits per heavy atom. The summed E-state index contributed by atoms with van der Waals surface area (Å²) in [5, 5.41) is 2.76. The fraction of sp³-hybridized carbons (Fsp3) is 0.273. The van der Waals surface area contributed by atoms with Gasteiger partial charge in [0.25, 0.3) is 5.91 Å². The topological polar surface area (TPSA) is 46.2 Å². The van der Waals surface area contributed by atoms with Crippen molar-refractivity contribution in [3.8, 4) is 0 Å². The van der Waals surface area contributed by atoms with Gasteiger partial charge in [-0.15, -0.1) is 0 Å². The van der Waals surface area contributed by atoms with Crippen LogP contribution in [0.4, 0.5) is 0 Å². The second-order valence-electron chi connectivity index (χ2n) is 3.08. The average molecular weight is 317 g/mol. The van der Waals surface area contributed by atoms with Crippen LogP contribution in [0, 0.1) is 0 Å². The molecule has 1 rings (SSSR count). The lowest BCUT2D eigenvalue weighted by Gasteiger charge is -2.03. The van der Waals surface area contributed by atoms with Gasteiger partial charge in [0.05, 0.1) is 0 Å². The summed E-state index contributed by atoms with van der Waals surface area (Å²) in [5.41, 5.74) is 0.651. The summed E-state index contributed by atoms with van der Waals surface area (Å²) < 4.78 is 0.126. The van der Waals surface area contributed by atoms with E-state index in [0.717, 1.165) is 0 Å². The van der Waals surface area contributed by atoms with Crippen molar-refractivity contribution in [2.75, 3.05) is 6.54 Å². The smallest absolute Gasteiger partial charge is 0.251 e. The Morgan fingerprint density at radius 2 is 1.87 bits per heavy atom. The SMILES string of the molecule is O=C(I)CCCNC(=O)c1ccccc1. The zero-order valence-corrected chi connectivity index (χ0v) is 10.4. The Hall–Kier alpha value is -0.910. The van der Waals surface area contributed by atoms with Crippen LogP contribution in [0.3, 0.4) is 0 Å². The van der Waals surface area contributed by atoms with Gasteiger partial charge in [-0.25, -0.2) is 0 Å². The highest BCUT2D eigenvalue weighted by Gasteiger charge is 2.03. The quantitative estimate of drug-likeness (QED) is 0.514. The normalized spacial score (nSPS) is 9.67. The molecule has 80 valence electrons. The van der Waals surface area contributed by atoms with Gasteiger partial charge in [-0.3, -0.25) is 9.59 Å².